The number of benzene rings is 7. The van der Waals surface area contributed by atoms with Gasteiger partial charge in [-0.05, 0) is 110 Å². The molecule has 2 nitrogen and oxygen atoms in total. The minimum absolute atomic E-state index is 0.638. The van der Waals surface area contributed by atoms with Crippen LogP contribution in [0.1, 0.15) is 0 Å². The molecule has 0 saturated carbocycles. The maximum absolute atomic E-state index is 6.01. The monoisotopic (exact) mass is 523 g/mol. The molecule has 7 aromatic carbocycles. The van der Waals surface area contributed by atoms with E-state index in [1.165, 1.54) is 49.4 Å². The molecule has 0 N–H and O–H groups in total. The van der Waals surface area contributed by atoms with E-state index < -0.39 is 0 Å². The van der Waals surface area contributed by atoms with E-state index in [1.807, 2.05) is 24.3 Å². The van der Waals surface area contributed by atoms with Gasteiger partial charge in [-0.1, -0.05) is 97.1 Å². The van der Waals surface area contributed by atoms with Gasteiger partial charge >= 0.3 is 0 Å². The quantitative estimate of drug-likeness (QED) is 0.229. The molecule has 192 valence electrons. The Morgan fingerprint density at radius 3 is 1.39 bits per heavy atom. The van der Waals surface area contributed by atoms with Crippen LogP contribution in [0.15, 0.2) is 156 Å². The zero-order valence-electron chi connectivity index (χ0n) is 22.3. The number of hydrogen-bond acceptors (Lipinski definition) is 2. The Labute approximate surface area is 238 Å². The zero-order chi connectivity index (χ0) is 27.2. The van der Waals surface area contributed by atoms with Crippen LogP contribution in [0.2, 0.25) is 0 Å². The van der Waals surface area contributed by atoms with E-state index in [0.717, 1.165) is 22.2 Å². The molecule has 0 amide bonds. The highest BCUT2D eigenvalue weighted by Crippen LogP contribution is 2.36. The standard InChI is InChI=1S/C39H25NO/c1-3-9-30-21-32(19-15-26(30)7-1)35-23-34(24-36(25-35)33-20-16-27-8-2-4-10-31(27)22-33)28-13-17-29(18-14-28)39-40-37-11-5-6-12-38(37)41-39/h1-25H. The number of hydrogen-bond donors (Lipinski definition) is 0. The number of rotatable bonds is 4. The SMILES string of the molecule is c1ccc2cc(-c3cc(-c4ccc(-c5nc6ccccc6o5)cc4)cc(-c4ccc5ccccc5c4)c3)ccc2c1. The summed E-state index contributed by atoms with van der Waals surface area (Å²) in [4.78, 5) is 4.68. The molecule has 1 heterocycles. The molecule has 0 aliphatic heterocycles. The lowest BCUT2D eigenvalue weighted by Crippen LogP contribution is -1.87. The fourth-order valence-electron chi connectivity index (χ4n) is 5.67. The van der Waals surface area contributed by atoms with Crippen molar-refractivity contribution in [1.29, 1.82) is 0 Å². The molecule has 0 bridgehead atoms. The van der Waals surface area contributed by atoms with Gasteiger partial charge in [0, 0.05) is 5.56 Å². The molecule has 0 aliphatic carbocycles. The van der Waals surface area contributed by atoms with E-state index in [1.54, 1.807) is 0 Å². The van der Waals surface area contributed by atoms with E-state index in [-0.39, 0.29) is 0 Å². The van der Waals surface area contributed by atoms with Crippen molar-refractivity contribution in [2.45, 2.75) is 0 Å². The third kappa shape index (κ3) is 4.36. The van der Waals surface area contributed by atoms with Gasteiger partial charge < -0.3 is 4.42 Å². The van der Waals surface area contributed by atoms with E-state index in [9.17, 15) is 0 Å². The molecular formula is C39H25NO. The van der Waals surface area contributed by atoms with Gasteiger partial charge in [-0.25, -0.2) is 4.98 Å². The lowest BCUT2D eigenvalue weighted by Gasteiger charge is -2.13. The van der Waals surface area contributed by atoms with Crippen molar-refractivity contribution in [1.82, 2.24) is 4.98 Å². The first-order valence-corrected chi connectivity index (χ1v) is 13.9. The average Bonchev–Trinajstić information content (AvgIpc) is 3.49. The molecule has 1 aromatic heterocycles. The highest BCUT2D eigenvalue weighted by Gasteiger charge is 2.11. The summed E-state index contributed by atoms with van der Waals surface area (Å²) in [5, 5.41) is 4.98. The molecule has 0 radical (unpaired) electrons. The second kappa shape index (κ2) is 9.62. The van der Waals surface area contributed by atoms with Gasteiger partial charge in [0.25, 0.3) is 0 Å². The Balaban J connectivity index is 1.25. The van der Waals surface area contributed by atoms with Crippen LogP contribution in [0, 0.1) is 0 Å². The Bertz CT molecular complexity index is 2070. The summed E-state index contributed by atoms with van der Waals surface area (Å²) >= 11 is 0. The Morgan fingerprint density at radius 1 is 0.341 bits per heavy atom. The van der Waals surface area contributed by atoms with Crippen molar-refractivity contribution < 1.29 is 4.42 Å². The summed E-state index contributed by atoms with van der Waals surface area (Å²) in [6, 6.07) is 53.8. The summed E-state index contributed by atoms with van der Waals surface area (Å²) in [5.41, 5.74) is 9.75. The van der Waals surface area contributed by atoms with Gasteiger partial charge in [-0.15, -0.1) is 0 Å². The van der Waals surface area contributed by atoms with Gasteiger partial charge in [0.05, 0.1) is 0 Å². The predicted molar refractivity (Wildman–Crippen MR) is 171 cm³/mol. The molecule has 8 rings (SSSR count). The molecule has 0 aliphatic rings. The third-order valence-electron chi connectivity index (χ3n) is 7.86. The van der Waals surface area contributed by atoms with Crippen molar-refractivity contribution in [3.8, 4) is 44.8 Å². The summed E-state index contributed by atoms with van der Waals surface area (Å²) in [6.07, 6.45) is 0. The molecule has 0 atom stereocenters. The van der Waals surface area contributed by atoms with Gasteiger partial charge in [0.1, 0.15) is 5.52 Å². The first-order valence-electron chi connectivity index (χ1n) is 13.9. The van der Waals surface area contributed by atoms with E-state index >= 15 is 0 Å². The molecule has 0 saturated heterocycles. The van der Waals surface area contributed by atoms with Crippen molar-refractivity contribution in [2.24, 2.45) is 0 Å². The van der Waals surface area contributed by atoms with Crippen LogP contribution in [0.4, 0.5) is 0 Å². The molecular weight excluding hydrogens is 498 g/mol. The van der Waals surface area contributed by atoms with Gasteiger partial charge in [0.15, 0.2) is 5.58 Å². The van der Waals surface area contributed by atoms with Crippen molar-refractivity contribution in [2.75, 3.05) is 0 Å². The minimum Gasteiger partial charge on any atom is -0.436 e. The van der Waals surface area contributed by atoms with Crippen LogP contribution in [0.3, 0.4) is 0 Å². The van der Waals surface area contributed by atoms with Crippen LogP contribution >= 0.6 is 0 Å². The van der Waals surface area contributed by atoms with Gasteiger partial charge in [-0.2, -0.15) is 0 Å². The Kier molecular flexibility index (Phi) is 5.49. The normalized spacial score (nSPS) is 11.4. The number of fused-ring (bicyclic) bond motifs is 3. The van der Waals surface area contributed by atoms with Crippen LogP contribution in [-0.4, -0.2) is 4.98 Å². The highest BCUT2D eigenvalue weighted by atomic mass is 16.3. The number of nitrogens with zero attached hydrogens (tertiary/aromatic N) is 1. The topological polar surface area (TPSA) is 26.0 Å². The number of oxazole rings is 1. The third-order valence-corrected chi connectivity index (χ3v) is 7.86. The van der Waals surface area contributed by atoms with Gasteiger partial charge in [-0.3, -0.25) is 0 Å². The predicted octanol–water partition coefficient (Wildman–Crippen LogP) is 10.8. The summed E-state index contributed by atoms with van der Waals surface area (Å²) in [6.45, 7) is 0. The fraction of sp³-hybridized carbons (Fsp3) is 0. The summed E-state index contributed by atoms with van der Waals surface area (Å²) in [7, 11) is 0. The second-order valence-corrected chi connectivity index (χ2v) is 10.5. The number of para-hydroxylation sites is 2. The average molecular weight is 524 g/mol. The maximum atomic E-state index is 6.01. The minimum atomic E-state index is 0.638. The van der Waals surface area contributed by atoms with Crippen molar-refractivity contribution in [3.05, 3.63) is 152 Å². The van der Waals surface area contributed by atoms with Crippen molar-refractivity contribution in [3.63, 3.8) is 0 Å². The van der Waals surface area contributed by atoms with E-state index in [0.29, 0.717) is 5.89 Å². The highest BCUT2D eigenvalue weighted by molar-refractivity contribution is 5.92. The molecule has 0 unspecified atom stereocenters. The molecule has 0 fully saturated rings. The van der Waals surface area contributed by atoms with E-state index in [4.69, 9.17) is 4.42 Å². The second-order valence-electron chi connectivity index (χ2n) is 10.5. The van der Waals surface area contributed by atoms with Crippen molar-refractivity contribution >= 4 is 32.6 Å². The van der Waals surface area contributed by atoms with Crippen LogP contribution in [-0.2, 0) is 0 Å². The lowest BCUT2D eigenvalue weighted by molar-refractivity contribution is 0.620. The first kappa shape index (κ1) is 23.4. The molecule has 8 aromatic rings. The van der Waals surface area contributed by atoms with Crippen LogP contribution < -0.4 is 0 Å². The Morgan fingerprint density at radius 2 is 0.805 bits per heavy atom. The van der Waals surface area contributed by atoms with Crippen LogP contribution in [0.25, 0.3) is 77.5 Å². The maximum Gasteiger partial charge on any atom is 0.227 e. The summed E-state index contributed by atoms with van der Waals surface area (Å²) < 4.78 is 6.01. The smallest absolute Gasteiger partial charge is 0.227 e. The molecule has 0 spiro atoms. The molecule has 2 heteroatoms. The lowest BCUT2D eigenvalue weighted by atomic mass is 9.91. The van der Waals surface area contributed by atoms with Crippen LogP contribution in [0.5, 0.6) is 0 Å². The number of aromatic nitrogens is 1. The first-order chi connectivity index (χ1) is 20.3. The zero-order valence-corrected chi connectivity index (χ0v) is 22.3. The summed E-state index contributed by atoms with van der Waals surface area (Å²) in [5.74, 6) is 0.638. The molecule has 41 heavy (non-hydrogen) atoms. The van der Waals surface area contributed by atoms with E-state index in [2.05, 4.69) is 132 Å². The van der Waals surface area contributed by atoms with Gasteiger partial charge in [0.2, 0.25) is 5.89 Å². The fourth-order valence-corrected chi connectivity index (χ4v) is 5.67. The Hall–Kier alpha value is -5.47. The largest absolute Gasteiger partial charge is 0.436 e.